The quantitative estimate of drug-likeness (QED) is 0.434. The van der Waals surface area contributed by atoms with E-state index in [1.54, 1.807) is 0 Å². The Balaban J connectivity index is 2.64. The Bertz CT molecular complexity index is 672. The standard InChI is InChI=1S/C22H26O2Si/c1-5-19(13-12-18-23)24-25(22(2,3)4,20-14-8-6-9-15-20)21-16-10-7-11-17-21/h1,6-11,14-19H,12-13H2,2-4H3/t19-/m1/s1. The normalized spacial score (nSPS) is 13.0. The molecule has 1 atom stereocenters. The Morgan fingerprint density at radius 2 is 1.52 bits per heavy atom. The smallest absolute Gasteiger partial charge is 0.262 e. The van der Waals surface area contributed by atoms with E-state index in [0.717, 1.165) is 6.29 Å². The van der Waals surface area contributed by atoms with Crippen LogP contribution in [0.15, 0.2) is 60.7 Å². The maximum Gasteiger partial charge on any atom is 0.262 e. The Morgan fingerprint density at radius 1 is 1.04 bits per heavy atom. The number of rotatable bonds is 7. The summed E-state index contributed by atoms with van der Waals surface area (Å²) in [6.45, 7) is 6.64. The second kappa shape index (κ2) is 8.29. The summed E-state index contributed by atoms with van der Waals surface area (Å²) in [5.41, 5.74) is 0. The van der Waals surface area contributed by atoms with E-state index in [2.05, 4.69) is 51.0 Å². The van der Waals surface area contributed by atoms with Crippen LogP contribution >= 0.6 is 0 Å². The van der Waals surface area contributed by atoms with Gasteiger partial charge in [0.1, 0.15) is 12.4 Å². The van der Waals surface area contributed by atoms with Crippen molar-refractivity contribution in [3.05, 3.63) is 60.7 Å². The first-order chi connectivity index (χ1) is 12.0. The SMILES string of the molecule is C#C[C@H](CCC=O)O[Si](c1ccccc1)(c1ccccc1)C(C)(C)C. The molecule has 2 aromatic carbocycles. The topological polar surface area (TPSA) is 26.3 Å². The van der Waals surface area contributed by atoms with E-state index in [-0.39, 0.29) is 11.1 Å². The molecule has 0 aliphatic carbocycles. The van der Waals surface area contributed by atoms with Gasteiger partial charge in [0, 0.05) is 6.42 Å². The lowest BCUT2D eigenvalue weighted by atomic mass is 10.2. The van der Waals surface area contributed by atoms with Crippen LogP contribution < -0.4 is 10.4 Å². The fourth-order valence-electron chi connectivity index (χ4n) is 3.30. The molecule has 0 radical (unpaired) electrons. The van der Waals surface area contributed by atoms with Crippen molar-refractivity contribution in [3.8, 4) is 12.3 Å². The first-order valence-electron chi connectivity index (χ1n) is 8.64. The van der Waals surface area contributed by atoms with Gasteiger partial charge in [0.15, 0.2) is 0 Å². The van der Waals surface area contributed by atoms with Gasteiger partial charge >= 0.3 is 0 Å². The van der Waals surface area contributed by atoms with Crippen LogP contribution in [-0.4, -0.2) is 20.7 Å². The summed E-state index contributed by atoms with van der Waals surface area (Å²) in [5, 5.41) is 2.27. The van der Waals surface area contributed by atoms with Gasteiger partial charge in [-0.1, -0.05) is 87.4 Å². The van der Waals surface area contributed by atoms with Gasteiger partial charge in [0.05, 0.1) is 0 Å². The van der Waals surface area contributed by atoms with Crippen LogP contribution in [0.3, 0.4) is 0 Å². The zero-order chi connectivity index (χ0) is 18.3. The molecule has 2 aromatic rings. The third-order valence-electron chi connectivity index (χ3n) is 4.47. The summed E-state index contributed by atoms with van der Waals surface area (Å²) in [7, 11) is -2.64. The molecular weight excluding hydrogens is 324 g/mol. The molecule has 0 heterocycles. The van der Waals surface area contributed by atoms with E-state index in [1.165, 1.54) is 10.4 Å². The van der Waals surface area contributed by atoms with Gasteiger partial charge in [0.2, 0.25) is 0 Å². The minimum Gasteiger partial charge on any atom is -0.394 e. The van der Waals surface area contributed by atoms with E-state index in [1.807, 2.05) is 36.4 Å². The number of terminal acetylenes is 1. The molecule has 130 valence electrons. The molecule has 0 saturated heterocycles. The van der Waals surface area contributed by atoms with Gasteiger partial charge in [0.25, 0.3) is 8.32 Å². The van der Waals surface area contributed by atoms with Crippen molar-refractivity contribution in [2.75, 3.05) is 0 Å². The molecule has 3 heteroatoms. The third kappa shape index (κ3) is 4.09. The molecule has 0 aliphatic rings. The highest BCUT2D eigenvalue weighted by molar-refractivity contribution is 6.99. The highest BCUT2D eigenvalue weighted by Gasteiger charge is 2.51. The molecule has 0 bridgehead atoms. The molecule has 0 fully saturated rings. The predicted molar refractivity (Wildman–Crippen MR) is 107 cm³/mol. The largest absolute Gasteiger partial charge is 0.394 e. The van der Waals surface area contributed by atoms with E-state index in [0.29, 0.717) is 12.8 Å². The van der Waals surface area contributed by atoms with Crippen LogP contribution in [0, 0.1) is 12.3 Å². The van der Waals surface area contributed by atoms with Crippen molar-refractivity contribution in [1.29, 1.82) is 0 Å². The highest BCUT2D eigenvalue weighted by atomic mass is 28.4. The maximum absolute atomic E-state index is 10.8. The number of benzene rings is 2. The van der Waals surface area contributed by atoms with Crippen molar-refractivity contribution in [1.82, 2.24) is 0 Å². The Morgan fingerprint density at radius 3 is 1.88 bits per heavy atom. The summed E-state index contributed by atoms with van der Waals surface area (Å²) in [6.07, 6.45) is 7.23. The van der Waals surface area contributed by atoms with Crippen LogP contribution in [0.5, 0.6) is 0 Å². The molecule has 0 unspecified atom stereocenters. The molecule has 2 nitrogen and oxygen atoms in total. The van der Waals surface area contributed by atoms with E-state index >= 15 is 0 Å². The second-order valence-corrected chi connectivity index (χ2v) is 11.4. The molecule has 0 aromatic heterocycles. The Hall–Kier alpha value is -2.15. The number of hydrogen-bond donors (Lipinski definition) is 0. The van der Waals surface area contributed by atoms with Gasteiger partial charge in [-0.25, -0.2) is 0 Å². The summed E-state index contributed by atoms with van der Waals surface area (Å²) in [6, 6.07) is 20.8. The number of carbonyl (C=O) groups excluding carboxylic acids is 1. The molecule has 0 aliphatic heterocycles. The zero-order valence-corrected chi connectivity index (χ0v) is 16.2. The van der Waals surface area contributed by atoms with E-state index in [9.17, 15) is 4.79 Å². The number of carbonyl (C=O) groups is 1. The molecule has 0 amide bonds. The summed E-state index contributed by atoms with van der Waals surface area (Å²) in [4.78, 5) is 10.8. The van der Waals surface area contributed by atoms with Crippen molar-refractivity contribution < 1.29 is 9.22 Å². The lowest BCUT2D eigenvalue weighted by molar-refractivity contribution is -0.108. The Kier molecular flexibility index (Phi) is 6.36. The molecule has 25 heavy (non-hydrogen) atoms. The Labute approximate surface area is 152 Å². The van der Waals surface area contributed by atoms with E-state index < -0.39 is 8.32 Å². The van der Waals surface area contributed by atoms with Crippen LogP contribution in [0.25, 0.3) is 0 Å². The zero-order valence-electron chi connectivity index (χ0n) is 15.2. The van der Waals surface area contributed by atoms with Gasteiger partial charge < -0.3 is 9.22 Å². The van der Waals surface area contributed by atoms with Gasteiger partial charge in [-0.05, 0) is 21.8 Å². The summed E-state index contributed by atoms with van der Waals surface area (Å²) >= 11 is 0. The number of hydrogen-bond acceptors (Lipinski definition) is 2. The highest BCUT2D eigenvalue weighted by Crippen LogP contribution is 2.37. The van der Waals surface area contributed by atoms with Gasteiger partial charge in [-0.2, -0.15) is 0 Å². The van der Waals surface area contributed by atoms with Gasteiger partial charge in [-0.3, -0.25) is 0 Å². The fraction of sp³-hybridized carbons (Fsp3) is 0.318. The minimum atomic E-state index is -2.64. The molecule has 2 rings (SSSR count). The monoisotopic (exact) mass is 350 g/mol. The fourth-order valence-corrected chi connectivity index (χ4v) is 7.93. The maximum atomic E-state index is 10.8. The first kappa shape index (κ1) is 19.2. The lowest BCUT2D eigenvalue weighted by Gasteiger charge is -2.44. The third-order valence-corrected chi connectivity index (χ3v) is 9.51. The minimum absolute atomic E-state index is 0.119. The summed E-state index contributed by atoms with van der Waals surface area (Å²) in [5.74, 6) is 2.76. The lowest BCUT2D eigenvalue weighted by Crippen LogP contribution is -2.67. The van der Waals surface area contributed by atoms with Gasteiger partial charge in [-0.15, -0.1) is 6.42 Å². The average molecular weight is 351 g/mol. The van der Waals surface area contributed by atoms with Crippen LogP contribution in [0.2, 0.25) is 5.04 Å². The molecular formula is C22H26O2Si. The molecule has 0 saturated carbocycles. The first-order valence-corrected chi connectivity index (χ1v) is 10.5. The second-order valence-electron chi connectivity index (χ2n) is 7.18. The summed E-state index contributed by atoms with van der Waals surface area (Å²) < 4.78 is 6.77. The molecule has 0 spiro atoms. The number of aldehydes is 1. The van der Waals surface area contributed by atoms with Crippen molar-refractivity contribution in [2.24, 2.45) is 0 Å². The van der Waals surface area contributed by atoms with Crippen molar-refractivity contribution in [2.45, 2.75) is 44.8 Å². The van der Waals surface area contributed by atoms with E-state index in [4.69, 9.17) is 10.8 Å². The van der Waals surface area contributed by atoms with Crippen molar-refractivity contribution in [3.63, 3.8) is 0 Å². The van der Waals surface area contributed by atoms with Crippen molar-refractivity contribution >= 4 is 25.0 Å². The van der Waals surface area contributed by atoms with Crippen LogP contribution in [-0.2, 0) is 9.22 Å². The average Bonchev–Trinajstić information content (AvgIpc) is 2.62. The van der Waals surface area contributed by atoms with Crippen LogP contribution in [0.1, 0.15) is 33.6 Å². The predicted octanol–water partition coefficient (Wildman–Crippen LogP) is 3.54. The van der Waals surface area contributed by atoms with Crippen LogP contribution in [0.4, 0.5) is 0 Å². The molecule has 0 N–H and O–H groups in total.